The summed E-state index contributed by atoms with van der Waals surface area (Å²) in [6, 6.07) is 6.76. The standard InChI is InChI=1S/C13H18FNO/c1-9(14)10-7-5-6-8-11(10)12(16)15-13(2,3)4/h5-9H,1-4H3,(H,15,16)/t9-/m1/s1. The Labute approximate surface area is 95.9 Å². The number of rotatable bonds is 2. The third-order valence-electron chi connectivity index (χ3n) is 2.12. The van der Waals surface area contributed by atoms with Crippen molar-refractivity contribution in [1.82, 2.24) is 5.32 Å². The number of nitrogens with one attached hydrogen (secondary N) is 1. The third kappa shape index (κ3) is 3.33. The van der Waals surface area contributed by atoms with E-state index in [-0.39, 0.29) is 11.4 Å². The van der Waals surface area contributed by atoms with Crippen LogP contribution in [0.5, 0.6) is 0 Å². The summed E-state index contributed by atoms with van der Waals surface area (Å²) in [4.78, 5) is 11.9. The maximum absolute atomic E-state index is 13.3. The molecule has 1 aromatic carbocycles. The van der Waals surface area contributed by atoms with E-state index in [0.29, 0.717) is 11.1 Å². The van der Waals surface area contributed by atoms with Crippen LogP contribution in [0.3, 0.4) is 0 Å². The second kappa shape index (κ2) is 4.64. The van der Waals surface area contributed by atoms with Gasteiger partial charge in [-0.2, -0.15) is 0 Å². The number of alkyl halides is 1. The molecule has 0 radical (unpaired) electrons. The van der Waals surface area contributed by atoms with Crippen LogP contribution in [0, 0.1) is 0 Å². The van der Waals surface area contributed by atoms with Gasteiger partial charge in [0.15, 0.2) is 0 Å². The average Bonchev–Trinajstić information content (AvgIpc) is 2.15. The van der Waals surface area contributed by atoms with Crippen LogP contribution in [0.2, 0.25) is 0 Å². The van der Waals surface area contributed by atoms with E-state index < -0.39 is 6.17 Å². The molecular weight excluding hydrogens is 205 g/mol. The predicted octanol–water partition coefficient (Wildman–Crippen LogP) is 3.25. The molecule has 0 spiro atoms. The normalized spacial score (nSPS) is 13.3. The minimum Gasteiger partial charge on any atom is -0.347 e. The fraction of sp³-hybridized carbons (Fsp3) is 0.462. The number of carbonyl (C=O) groups excluding carboxylic acids is 1. The first-order valence-electron chi connectivity index (χ1n) is 5.37. The molecule has 0 aliphatic carbocycles. The summed E-state index contributed by atoms with van der Waals surface area (Å²) in [6.45, 7) is 7.12. The Balaban J connectivity index is 3.00. The van der Waals surface area contributed by atoms with Gasteiger partial charge in [0, 0.05) is 11.1 Å². The molecule has 3 heteroatoms. The summed E-state index contributed by atoms with van der Waals surface area (Å²) < 4.78 is 13.3. The van der Waals surface area contributed by atoms with Crippen molar-refractivity contribution < 1.29 is 9.18 Å². The van der Waals surface area contributed by atoms with E-state index in [4.69, 9.17) is 0 Å². The number of amides is 1. The van der Waals surface area contributed by atoms with Crippen LogP contribution in [-0.4, -0.2) is 11.4 Å². The molecule has 16 heavy (non-hydrogen) atoms. The van der Waals surface area contributed by atoms with Crippen LogP contribution >= 0.6 is 0 Å². The molecule has 0 saturated heterocycles. The first-order chi connectivity index (χ1) is 7.31. The molecule has 0 aliphatic rings. The van der Waals surface area contributed by atoms with Gasteiger partial charge in [0.1, 0.15) is 6.17 Å². The van der Waals surface area contributed by atoms with Gasteiger partial charge in [-0.1, -0.05) is 18.2 Å². The topological polar surface area (TPSA) is 29.1 Å². The summed E-state index contributed by atoms with van der Waals surface area (Å²) in [5.74, 6) is -0.229. The summed E-state index contributed by atoms with van der Waals surface area (Å²) >= 11 is 0. The Kier molecular flexibility index (Phi) is 3.68. The summed E-state index contributed by atoms with van der Waals surface area (Å²) in [5.41, 5.74) is 0.528. The van der Waals surface area contributed by atoms with Crippen molar-refractivity contribution in [2.75, 3.05) is 0 Å². The van der Waals surface area contributed by atoms with E-state index in [1.807, 2.05) is 20.8 Å². The first-order valence-corrected chi connectivity index (χ1v) is 5.37. The van der Waals surface area contributed by atoms with Crippen molar-refractivity contribution in [3.8, 4) is 0 Å². The van der Waals surface area contributed by atoms with Crippen LogP contribution < -0.4 is 5.32 Å². The molecule has 0 saturated carbocycles. The first kappa shape index (κ1) is 12.7. The molecule has 1 N–H and O–H groups in total. The van der Waals surface area contributed by atoms with E-state index in [0.717, 1.165) is 0 Å². The lowest BCUT2D eigenvalue weighted by Crippen LogP contribution is -2.40. The van der Waals surface area contributed by atoms with E-state index in [1.54, 1.807) is 24.3 Å². The van der Waals surface area contributed by atoms with Crippen molar-refractivity contribution in [2.45, 2.75) is 39.4 Å². The number of halogens is 1. The minimum absolute atomic E-state index is 0.229. The van der Waals surface area contributed by atoms with Gasteiger partial charge in [0.2, 0.25) is 0 Å². The zero-order valence-corrected chi connectivity index (χ0v) is 10.2. The minimum atomic E-state index is -1.14. The van der Waals surface area contributed by atoms with E-state index >= 15 is 0 Å². The number of benzene rings is 1. The fourth-order valence-electron chi connectivity index (χ4n) is 1.46. The third-order valence-corrected chi connectivity index (χ3v) is 2.12. The number of hydrogen-bond donors (Lipinski definition) is 1. The van der Waals surface area contributed by atoms with Crippen molar-refractivity contribution in [3.63, 3.8) is 0 Å². The molecule has 1 rings (SSSR count). The molecule has 1 aromatic rings. The summed E-state index contributed by atoms with van der Waals surface area (Å²) in [6.07, 6.45) is -1.14. The Morgan fingerprint density at radius 2 is 1.88 bits per heavy atom. The maximum Gasteiger partial charge on any atom is 0.252 e. The average molecular weight is 223 g/mol. The Morgan fingerprint density at radius 3 is 2.38 bits per heavy atom. The molecule has 0 bridgehead atoms. The van der Waals surface area contributed by atoms with Gasteiger partial charge < -0.3 is 5.32 Å². The molecular formula is C13H18FNO. The molecule has 2 nitrogen and oxygen atoms in total. The highest BCUT2D eigenvalue weighted by molar-refractivity contribution is 5.96. The quantitative estimate of drug-likeness (QED) is 0.819. The molecule has 0 aliphatic heterocycles. The van der Waals surface area contributed by atoms with E-state index in [1.165, 1.54) is 6.92 Å². The van der Waals surface area contributed by atoms with Crippen LogP contribution in [0.4, 0.5) is 4.39 Å². The van der Waals surface area contributed by atoms with Gasteiger partial charge in [-0.3, -0.25) is 4.79 Å². The second-order valence-corrected chi connectivity index (χ2v) is 4.91. The van der Waals surface area contributed by atoms with Crippen molar-refractivity contribution in [1.29, 1.82) is 0 Å². The Bertz CT molecular complexity index is 380. The SMILES string of the molecule is C[C@@H](F)c1ccccc1C(=O)NC(C)(C)C. The van der Waals surface area contributed by atoms with Crippen LogP contribution in [0.1, 0.15) is 49.8 Å². The molecule has 1 atom stereocenters. The van der Waals surface area contributed by atoms with Crippen LogP contribution in [-0.2, 0) is 0 Å². The van der Waals surface area contributed by atoms with Gasteiger partial charge in [0.05, 0.1) is 0 Å². The Morgan fingerprint density at radius 1 is 1.31 bits per heavy atom. The highest BCUT2D eigenvalue weighted by atomic mass is 19.1. The molecule has 0 fully saturated rings. The molecule has 0 unspecified atom stereocenters. The van der Waals surface area contributed by atoms with Gasteiger partial charge in [-0.15, -0.1) is 0 Å². The molecule has 88 valence electrons. The van der Waals surface area contributed by atoms with E-state index in [9.17, 15) is 9.18 Å². The zero-order chi connectivity index (χ0) is 12.3. The smallest absolute Gasteiger partial charge is 0.252 e. The number of carbonyl (C=O) groups is 1. The van der Waals surface area contributed by atoms with Crippen LogP contribution in [0.25, 0.3) is 0 Å². The predicted molar refractivity (Wildman–Crippen MR) is 63.2 cm³/mol. The van der Waals surface area contributed by atoms with Crippen molar-refractivity contribution in [3.05, 3.63) is 35.4 Å². The molecule has 1 amide bonds. The van der Waals surface area contributed by atoms with E-state index in [2.05, 4.69) is 5.32 Å². The number of hydrogen-bond acceptors (Lipinski definition) is 1. The fourth-order valence-corrected chi connectivity index (χ4v) is 1.46. The Hall–Kier alpha value is -1.38. The maximum atomic E-state index is 13.3. The van der Waals surface area contributed by atoms with Crippen LogP contribution in [0.15, 0.2) is 24.3 Å². The van der Waals surface area contributed by atoms with Gasteiger partial charge in [-0.05, 0) is 39.3 Å². The lowest BCUT2D eigenvalue weighted by molar-refractivity contribution is 0.0916. The van der Waals surface area contributed by atoms with Crippen molar-refractivity contribution in [2.24, 2.45) is 0 Å². The zero-order valence-electron chi connectivity index (χ0n) is 10.2. The van der Waals surface area contributed by atoms with Gasteiger partial charge in [0.25, 0.3) is 5.91 Å². The second-order valence-electron chi connectivity index (χ2n) is 4.91. The largest absolute Gasteiger partial charge is 0.347 e. The summed E-state index contributed by atoms with van der Waals surface area (Å²) in [7, 11) is 0. The molecule has 0 aromatic heterocycles. The molecule has 0 heterocycles. The highest BCUT2D eigenvalue weighted by Gasteiger charge is 2.19. The summed E-state index contributed by atoms with van der Waals surface area (Å²) in [5, 5.41) is 2.83. The highest BCUT2D eigenvalue weighted by Crippen LogP contribution is 2.21. The lowest BCUT2D eigenvalue weighted by Gasteiger charge is -2.21. The van der Waals surface area contributed by atoms with Gasteiger partial charge in [-0.25, -0.2) is 4.39 Å². The lowest BCUT2D eigenvalue weighted by atomic mass is 10.0. The van der Waals surface area contributed by atoms with Crippen molar-refractivity contribution >= 4 is 5.91 Å². The van der Waals surface area contributed by atoms with Gasteiger partial charge >= 0.3 is 0 Å². The monoisotopic (exact) mass is 223 g/mol.